The maximum atomic E-state index is 3.52. The summed E-state index contributed by atoms with van der Waals surface area (Å²) in [6, 6.07) is 9.06. The highest BCUT2D eigenvalue weighted by atomic mass is 79.9. The Balaban J connectivity index is 1.64. The zero-order valence-corrected chi connectivity index (χ0v) is 13.4. The Kier molecular flexibility index (Phi) is 4.03. The normalized spacial score (nSPS) is 14.1. The molecule has 2 aromatic rings. The molecule has 4 heteroatoms. The highest BCUT2D eigenvalue weighted by molar-refractivity contribution is 9.11. The average Bonchev–Trinajstić information content (AvgIpc) is 2.97. The lowest BCUT2D eigenvalue weighted by atomic mass is 10.1. The molecule has 0 saturated heterocycles. The Morgan fingerprint density at radius 1 is 1.16 bits per heavy atom. The van der Waals surface area contributed by atoms with Crippen molar-refractivity contribution in [2.24, 2.45) is 0 Å². The lowest BCUT2D eigenvalue weighted by Gasteiger charge is -2.16. The Hall–Kier alpha value is -0.680. The van der Waals surface area contributed by atoms with E-state index in [0.717, 1.165) is 26.2 Å². The number of rotatable bonds is 4. The van der Waals surface area contributed by atoms with Gasteiger partial charge in [0.05, 0.1) is 3.79 Å². The number of hydrogen-bond donors (Lipinski definition) is 1. The molecule has 2 heterocycles. The van der Waals surface area contributed by atoms with E-state index in [4.69, 9.17) is 0 Å². The van der Waals surface area contributed by atoms with Gasteiger partial charge in [-0.1, -0.05) is 18.2 Å². The van der Waals surface area contributed by atoms with E-state index in [2.05, 4.69) is 62.8 Å². The minimum absolute atomic E-state index is 0.997. The van der Waals surface area contributed by atoms with Crippen LogP contribution in [0.2, 0.25) is 0 Å². The molecule has 1 aliphatic heterocycles. The maximum Gasteiger partial charge on any atom is 0.0701 e. The number of benzene rings is 1. The highest BCUT2D eigenvalue weighted by Crippen LogP contribution is 2.22. The van der Waals surface area contributed by atoms with E-state index in [-0.39, 0.29) is 0 Å². The summed E-state index contributed by atoms with van der Waals surface area (Å²) in [5.74, 6) is 0. The van der Waals surface area contributed by atoms with Crippen LogP contribution in [0.1, 0.15) is 22.3 Å². The van der Waals surface area contributed by atoms with E-state index >= 15 is 0 Å². The second-order valence-corrected chi connectivity index (χ2v) is 7.43. The molecule has 2 nitrogen and oxygen atoms in total. The van der Waals surface area contributed by atoms with Crippen LogP contribution in [-0.2, 0) is 26.2 Å². The lowest BCUT2D eigenvalue weighted by molar-refractivity contribution is 0.319. The molecule has 19 heavy (non-hydrogen) atoms. The van der Waals surface area contributed by atoms with Crippen molar-refractivity contribution in [1.82, 2.24) is 10.2 Å². The van der Waals surface area contributed by atoms with Crippen molar-refractivity contribution in [3.8, 4) is 0 Å². The molecule has 1 N–H and O–H groups in total. The molecule has 0 aliphatic carbocycles. The summed E-state index contributed by atoms with van der Waals surface area (Å²) < 4.78 is 1.21. The first-order valence-corrected chi connectivity index (χ1v) is 8.11. The Morgan fingerprint density at radius 3 is 2.74 bits per heavy atom. The Labute approximate surface area is 126 Å². The molecule has 0 bridgehead atoms. The van der Waals surface area contributed by atoms with Gasteiger partial charge in [0, 0.05) is 26.2 Å². The van der Waals surface area contributed by atoms with Gasteiger partial charge in [0.2, 0.25) is 0 Å². The molecule has 1 aromatic heterocycles. The lowest BCUT2D eigenvalue weighted by Crippen LogP contribution is -2.16. The van der Waals surface area contributed by atoms with Crippen LogP contribution in [0.4, 0.5) is 0 Å². The fraction of sp³-hybridized carbons (Fsp3) is 0.333. The van der Waals surface area contributed by atoms with Gasteiger partial charge in [0.1, 0.15) is 0 Å². The van der Waals surface area contributed by atoms with Gasteiger partial charge in [-0.25, -0.2) is 0 Å². The quantitative estimate of drug-likeness (QED) is 0.914. The summed E-state index contributed by atoms with van der Waals surface area (Å²) >= 11 is 5.27. The van der Waals surface area contributed by atoms with E-state index in [9.17, 15) is 0 Å². The molecule has 3 rings (SSSR count). The van der Waals surface area contributed by atoms with Gasteiger partial charge in [-0.2, -0.15) is 0 Å². The molecule has 0 fully saturated rings. The van der Waals surface area contributed by atoms with E-state index in [1.807, 2.05) is 0 Å². The highest BCUT2D eigenvalue weighted by Gasteiger charge is 2.11. The van der Waals surface area contributed by atoms with Crippen LogP contribution in [0.25, 0.3) is 0 Å². The fourth-order valence-electron chi connectivity index (χ4n) is 2.55. The predicted molar refractivity (Wildman–Crippen MR) is 84.2 cm³/mol. The predicted octanol–water partition coefficient (Wildman–Crippen LogP) is 3.75. The first kappa shape index (κ1) is 13.3. The van der Waals surface area contributed by atoms with Crippen LogP contribution in [0.15, 0.2) is 33.4 Å². The third-order valence-corrected chi connectivity index (χ3v) is 4.98. The summed E-state index contributed by atoms with van der Waals surface area (Å²) in [5.41, 5.74) is 5.69. The van der Waals surface area contributed by atoms with Crippen LogP contribution >= 0.6 is 27.3 Å². The molecule has 1 aliphatic rings. The van der Waals surface area contributed by atoms with E-state index < -0.39 is 0 Å². The topological polar surface area (TPSA) is 15.3 Å². The van der Waals surface area contributed by atoms with Crippen LogP contribution in [0.5, 0.6) is 0 Å². The monoisotopic (exact) mass is 336 g/mol. The molecular weight excluding hydrogens is 320 g/mol. The first-order chi connectivity index (χ1) is 9.20. The van der Waals surface area contributed by atoms with E-state index in [0.29, 0.717) is 0 Å². The van der Waals surface area contributed by atoms with Crippen molar-refractivity contribution < 1.29 is 0 Å². The molecule has 0 atom stereocenters. The summed E-state index contributed by atoms with van der Waals surface area (Å²) in [6.07, 6.45) is 0. The summed E-state index contributed by atoms with van der Waals surface area (Å²) in [7, 11) is 2.18. The largest absolute Gasteiger partial charge is 0.309 e. The molecular formula is C15H17BrN2S. The second-order valence-electron chi connectivity index (χ2n) is 5.14. The molecule has 0 radical (unpaired) electrons. The number of nitrogens with one attached hydrogen (secondary N) is 1. The maximum absolute atomic E-state index is 3.52. The first-order valence-electron chi connectivity index (χ1n) is 6.43. The fourth-order valence-corrected chi connectivity index (χ4v) is 3.75. The van der Waals surface area contributed by atoms with E-state index in [1.165, 1.54) is 26.0 Å². The van der Waals surface area contributed by atoms with Crippen molar-refractivity contribution in [3.05, 3.63) is 55.7 Å². The number of thiophene rings is 1. The summed E-state index contributed by atoms with van der Waals surface area (Å²) in [4.78, 5) is 2.36. The number of halogens is 1. The SMILES string of the molecule is CN(Cc1csc(Br)c1)Cc1ccc2c(c1)CNC2. The van der Waals surface area contributed by atoms with Gasteiger partial charge in [0.25, 0.3) is 0 Å². The second kappa shape index (κ2) is 5.75. The van der Waals surface area contributed by atoms with Crippen molar-refractivity contribution in [2.45, 2.75) is 26.2 Å². The van der Waals surface area contributed by atoms with Crippen LogP contribution < -0.4 is 5.32 Å². The molecule has 100 valence electrons. The van der Waals surface area contributed by atoms with Gasteiger partial charge < -0.3 is 5.32 Å². The minimum atomic E-state index is 0.997. The van der Waals surface area contributed by atoms with Gasteiger partial charge in [-0.15, -0.1) is 11.3 Å². The molecule has 1 aromatic carbocycles. The van der Waals surface area contributed by atoms with Crippen LogP contribution in [0.3, 0.4) is 0 Å². The third-order valence-electron chi connectivity index (χ3n) is 3.43. The average molecular weight is 337 g/mol. The minimum Gasteiger partial charge on any atom is -0.309 e. The van der Waals surface area contributed by atoms with Crippen molar-refractivity contribution in [2.75, 3.05) is 7.05 Å². The molecule has 0 saturated carbocycles. The van der Waals surface area contributed by atoms with Crippen LogP contribution in [0, 0.1) is 0 Å². The number of fused-ring (bicyclic) bond motifs is 1. The van der Waals surface area contributed by atoms with Crippen molar-refractivity contribution in [3.63, 3.8) is 0 Å². The molecule has 0 spiro atoms. The van der Waals surface area contributed by atoms with Crippen molar-refractivity contribution >= 4 is 27.3 Å². The van der Waals surface area contributed by atoms with Gasteiger partial charge in [-0.3, -0.25) is 4.90 Å². The molecule has 0 amide bonds. The zero-order valence-electron chi connectivity index (χ0n) is 10.9. The van der Waals surface area contributed by atoms with Crippen LogP contribution in [-0.4, -0.2) is 11.9 Å². The van der Waals surface area contributed by atoms with Gasteiger partial charge in [-0.05, 0) is 56.7 Å². The summed E-state index contributed by atoms with van der Waals surface area (Å²) in [6.45, 7) is 4.04. The zero-order chi connectivity index (χ0) is 13.2. The van der Waals surface area contributed by atoms with Crippen molar-refractivity contribution in [1.29, 1.82) is 0 Å². The molecule has 0 unspecified atom stereocenters. The number of hydrogen-bond acceptors (Lipinski definition) is 3. The standard InChI is InChI=1S/C15H17BrN2S/c1-18(9-12-5-15(16)19-10-12)8-11-2-3-13-6-17-7-14(13)4-11/h2-5,10,17H,6-9H2,1H3. The van der Waals surface area contributed by atoms with Gasteiger partial charge >= 0.3 is 0 Å². The Morgan fingerprint density at radius 2 is 1.95 bits per heavy atom. The summed E-state index contributed by atoms with van der Waals surface area (Å²) in [5, 5.41) is 5.61. The number of nitrogens with zero attached hydrogens (tertiary/aromatic N) is 1. The Bertz CT molecular complexity index is 579. The van der Waals surface area contributed by atoms with E-state index in [1.54, 1.807) is 11.3 Å². The third kappa shape index (κ3) is 3.26. The van der Waals surface area contributed by atoms with Gasteiger partial charge in [0.15, 0.2) is 0 Å². The smallest absolute Gasteiger partial charge is 0.0701 e.